The maximum absolute atomic E-state index is 9.43. The molecular formula is C15H21N5O. The summed E-state index contributed by atoms with van der Waals surface area (Å²) >= 11 is 0. The summed E-state index contributed by atoms with van der Waals surface area (Å²) in [7, 11) is 1.81. The first-order valence-electron chi connectivity index (χ1n) is 6.98. The third kappa shape index (κ3) is 3.88. The van der Waals surface area contributed by atoms with Crippen LogP contribution in [0, 0.1) is 5.92 Å². The molecule has 6 heteroatoms. The third-order valence-electron chi connectivity index (χ3n) is 3.27. The summed E-state index contributed by atoms with van der Waals surface area (Å²) in [4.78, 5) is 12.9. The average Bonchev–Trinajstić information content (AvgIpc) is 2.52. The van der Waals surface area contributed by atoms with Crippen LogP contribution in [0.3, 0.4) is 0 Å². The Hall–Kier alpha value is -2.21. The van der Waals surface area contributed by atoms with Gasteiger partial charge in [-0.25, -0.2) is 4.98 Å². The van der Waals surface area contributed by atoms with Gasteiger partial charge in [-0.1, -0.05) is 13.8 Å². The number of nitrogens with one attached hydrogen (secondary N) is 2. The number of pyridine rings is 1. The van der Waals surface area contributed by atoms with Gasteiger partial charge in [-0.05, 0) is 18.1 Å². The molecule has 0 aliphatic rings. The Morgan fingerprint density at radius 3 is 2.48 bits per heavy atom. The van der Waals surface area contributed by atoms with Crippen LogP contribution in [0.2, 0.25) is 0 Å². The molecule has 0 aromatic carbocycles. The predicted molar refractivity (Wildman–Crippen MR) is 84.1 cm³/mol. The number of hydrogen-bond donors (Lipinski definition) is 3. The van der Waals surface area contributed by atoms with Crippen LogP contribution in [0.1, 0.15) is 13.8 Å². The second-order valence-corrected chi connectivity index (χ2v) is 5.13. The van der Waals surface area contributed by atoms with Gasteiger partial charge in [0.25, 0.3) is 0 Å². The Balaban J connectivity index is 2.34. The van der Waals surface area contributed by atoms with Crippen molar-refractivity contribution < 1.29 is 5.11 Å². The van der Waals surface area contributed by atoms with E-state index in [1.807, 2.05) is 39.1 Å². The number of aromatic nitrogens is 3. The van der Waals surface area contributed by atoms with Crippen molar-refractivity contribution in [3.05, 3.63) is 30.6 Å². The Morgan fingerprint density at radius 2 is 1.90 bits per heavy atom. The monoisotopic (exact) mass is 287 g/mol. The van der Waals surface area contributed by atoms with Crippen LogP contribution in [0.25, 0.3) is 11.3 Å². The summed E-state index contributed by atoms with van der Waals surface area (Å²) in [5.41, 5.74) is 1.77. The lowest BCUT2D eigenvalue weighted by molar-refractivity contribution is 0.248. The molecule has 0 saturated heterocycles. The lowest BCUT2D eigenvalue weighted by Crippen LogP contribution is -2.30. The third-order valence-corrected chi connectivity index (χ3v) is 3.27. The summed E-state index contributed by atoms with van der Waals surface area (Å²) in [6, 6.07) is 5.60. The van der Waals surface area contributed by atoms with E-state index in [1.165, 1.54) is 0 Å². The first-order valence-corrected chi connectivity index (χ1v) is 6.98. The molecule has 2 rings (SSSR count). The Kier molecular flexibility index (Phi) is 5.05. The molecule has 0 spiro atoms. The van der Waals surface area contributed by atoms with E-state index in [0.717, 1.165) is 17.1 Å². The maximum Gasteiger partial charge on any atom is 0.225 e. The molecule has 0 saturated carbocycles. The Bertz CT molecular complexity index is 574. The number of rotatable bonds is 6. The van der Waals surface area contributed by atoms with E-state index >= 15 is 0 Å². The smallest absolute Gasteiger partial charge is 0.225 e. The van der Waals surface area contributed by atoms with Crippen molar-refractivity contribution in [2.45, 2.75) is 19.9 Å². The van der Waals surface area contributed by atoms with Gasteiger partial charge in [-0.3, -0.25) is 4.98 Å². The SMILES string of the molecule is CNc1cc(-c2ccncc2)nc(N[C@@H](CO)C(C)C)n1. The number of hydrogen-bond acceptors (Lipinski definition) is 6. The van der Waals surface area contributed by atoms with Crippen molar-refractivity contribution in [1.29, 1.82) is 0 Å². The highest BCUT2D eigenvalue weighted by molar-refractivity contribution is 5.63. The fourth-order valence-electron chi connectivity index (χ4n) is 1.90. The number of aliphatic hydroxyl groups excluding tert-OH is 1. The average molecular weight is 287 g/mol. The predicted octanol–water partition coefficient (Wildman–Crippen LogP) is 2.01. The first kappa shape index (κ1) is 15.2. The van der Waals surface area contributed by atoms with Crippen LogP contribution in [-0.2, 0) is 0 Å². The van der Waals surface area contributed by atoms with Crippen LogP contribution in [0.5, 0.6) is 0 Å². The van der Waals surface area contributed by atoms with Crippen LogP contribution in [-0.4, -0.2) is 39.8 Å². The molecule has 6 nitrogen and oxygen atoms in total. The van der Waals surface area contributed by atoms with Gasteiger partial charge < -0.3 is 15.7 Å². The summed E-state index contributed by atoms with van der Waals surface area (Å²) in [5.74, 6) is 1.50. The Labute approximate surface area is 124 Å². The lowest BCUT2D eigenvalue weighted by atomic mass is 10.1. The second-order valence-electron chi connectivity index (χ2n) is 5.13. The van der Waals surface area contributed by atoms with Crippen LogP contribution in [0.4, 0.5) is 11.8 Å². The van der Waals surface area contributed by atoms with E-state index in [2.05, 4.69) is 25.6 Å². The van der Waals surface area contributed by atoms with Gasteiger partial charge in [0.05, 0.1) is 18.3 Å². The van der Waals surface area contributed by atoms with Crippen molar-refractivity contribution in [3.8, 4) is 11.3 Å². The fraction of sp³-hybridized carbons (Fsp3) is 0.400. The van der Waals surface area contributed by atoms with E-state index in [0.29, 0.717) is 5.95 Å². The molecule has 0 fully saturated rings. The zero-order valence-electron chi connectivity index (χ0n) is 12.5. The fourth-order valence-corrected chi connectivity index (χ4v) is 1.90. The standard InChI is InChI=1S/C15H21N5O/c1-10(2)13(9-21)19-15-18-12(8-14(16-3)20-15)11-4-6-17-7-5-11/h4-8,10,13,21H,9H2,1-3H3,(H2,16,18,19,20)/t13-/m0/s1. The highest BCUT2D eigenvalue weighted by atomic mass is 16.3. The van der Waals surface area contributed by atoms with Gasteiger partial charge >= 0.3 is 0 Å². The van der Waals surface area contributed by atoms with E-state index in [4.69, 9.17) is 0 Å². The molecule has 0 radical (unpaired) electrons. The second kappa shape index (κ2) is 6.99. The maximum atomic E-state index is 9.43. The molecular weight excluding hydrogens is 266 g/mol. The highest BCUT2D eigenvalue weighted by Gasteiger charge is 2.14. The van der Waals surface area contributed by atoms with Crippen LogP contribution < -0.4 is 10.6 Å². The molecule has 0 aliphatic heterocycles. The van der Waals surface area contributed by atoms with Crippen molar-refractivity contribution in [2.24, 2.45) is 5.92 Å². The number of nitrogens with zero attached hydrogens (tertiary/aromatic N) is 3. The molecule has 0 unspecified atom stereocenters. The quantitative estimate of drug-likeness (QED) is 0.754. The molecule has 2 heterocycles. The minimum Gasteiger partial charge on any atom is -0.394 e. The van der Waals surface area contributed by atoms with Gasteiger partial charge in [0.15, 0.2) is 0 Å². The topological polar surface area (TPSA) is 83.0 Å². The zero-order valence-corrected chi connectivity index (χ0v) is 12.5. The Morgan fingerprint density at radius 1 is 1.19 bits per heavy atom. The highest BCUT2D eigenvalue weighted by Crippen LogP contribution is 2.21. The minimum atomic E-state index is -0.0811. The van der Waals surface area contributed by atoms with Crippen molar-refractivity contribution in [2.75, 3.05) is 24.3 Å². The van der Waals surface area contributed by atoms with Gasteiger partial charge in [-0.15, -0.1) is 0 Å². The number of anilines is 2. The molecule has 2 aromatic heterocycles. The zero-order chi connectivity index (χ0) is 15.2. The van der Waals surface area contributed by atoms with E-state index < -0.39 is 0 Å². The van der Waals surface area contributed by atoms with Gasteiger partial charge in [0.1, 0.15) is 5.82 Å². The summed E-state index contributed by atoms with van der Waals surface area (Å²) in [6.45, 7) is 4.12. The lowest BCUT2D eigenvalue weighted by Gasteiger charge is -2.20. The molecule has 0 amide bonds. The van der Waals surface area contributed by atoms with Crippen molar-refractivity contribution in [3.63, 3.8) is 0 Å². The van der Waals surface area contributed by atoms with E-state index in [1.54, 1.807) is 12.4 Å². The molecule has 1 atom stereocenters. The molecule has 0 bridgehead atoms. The van der Waals surface area contributed by atoms with Gasteiger partial charge in [0.2, 0.25) is 5.95 Å². The van der Waals surface area contributed by atoms with Gasteiger partial charge in [-0.2, -0.15) is 4.98 Å². The molecule has 21 heavy (non-hydrogen) atoms. The largest absolute Gasteiger partial charge is 0.394 e. The summed E-state index contributed by atoms with van der Waals surface area (Å²) in [6.07, 6.45) is 3.46. The summed E-state index contributed by atoms with van der Waals surface area (Å²) < 4.78 is 0. The van der Waals surface area contributed by atoms with E-state index in [9.17, 15) is 5.11 Å². The normalized spacial score (nSPS) is 12.2. The minimum absolute atomic E-state index is 0.0371. The van der Waals surface area contributed by atoms with E-state index in [-0.39, 0.29) is 18.6 Å². The van der Waals surface area contributed by atoms with Gasteiger partial charge in [0, 0.05) is 31.1 Å². The van der Waals surface area contributed by atoms with Crippen molar-refractivity contribution >= 4 is 11.8 Å². The first-order chi connectivity index (χ1) is 10.1. The van der Waals surface area contributed by atoms with Crippen LogP contribution >= 0.6 is 0 Å². The molecule has 112 valence electrons. The van der Waals surface area contributed by atoms with Crippen LogP contribution in [0.15, 0.2) is 30.6 Å². The number of aliphatic hydroxyl groups is 1. The molecule has 0 aliphatic carbocycles. The molecule has 3 N–H and O–H groups in total. The summed E-state index contributed by atoms with van der Waals surface area (Å²) in [5, 5.41) is 15.6. The molecule has 2 aromatic rings. The van der Waals surface area contributed by atoms with Crippen molar-refractivity contribution in [1.82, 2.24) is 15.0 Å².